The number of fused-ring (bicyclic) bond motifs is 2. The standard InChI is InChI=1S/C29H25N5O3S/c1-19(35)32-23-7-5-6-20(16-23)24-11-14-30-28-25(24)12-15-34(28)38(36,37)29(2)13-4-3-8-26(29)21-9-10-22-18-31-33-27(22)17-21/h3-18,26H,1-2H3,(H,31,33)(H,32,35). The topological polar surface area (TPSA) is 110 Å². The summed E-state index contributed by atoms with van der Waals surface area (Å²) in [5, 5.41) is 11.5. The second kappa shape index (κ2) is 8.81. The zero-order chi connectivity index (χ0) is 26.5. The third-order valence-corrected chi connectivity index (χ3v) is 9.46. The van der Waals surface area contributed by atoms with Crippen LogP contribution in [0.3, 0.4) is 0 Å². The highest BCUT2D eigenvalue weighted by molar-refractivity contribution is 7.91. The van der Waals surface area contributed by atoms with Crippen LogP contribution in [0.15, 0.2) is 97.5 Å². The maximum absolute atomic E-state index is 14.4. The summed E-state index contributed by atoms with van der Waals surface area (Å²) in [6, 6.07) is 16.9. The predicted molar refractivity (Wildman–Crippen MR) is 149 cm³/mol. The van der Waals surface area contributed by atoms with Crippen molar-refractivity contribution in [3.63, 3.8) is 0 Å². The van der Waals surface area contributed by atoms with E-state index >= 15 is 0 Å². The van der Waals surface area contributed by atoms with Crippen LogP contribution in [0.4, 0.5) is 5.69 Å². The van der Waals surface area contributed by atoms with E-state index in [-0.39, 0.29) is 5.91 Å². The van der Waals surface area contributed by atoms with E-state index in [1.807, 2.05) is 60.7 Å². The predicted octanol–water partition coefficient (Wildman–Crippen LogP) is 5.38. The van der Waals surface area contributed by atoms with Gasteiger partial charge >= 0.3 is 0 Å². The number of nitrogens with one attached hydrogen (secondary N) is 2. The van der Waals surface area contributed by atoms with Gasteiger partial charge in [-0.2, -0.15) is 5.10 Å². The van der Waals surface area contributed by atoms with Crippen molar-refractivity contribution < 1.29 is 13.2 Å². The highest BCUT2D eigenvalue weighted by Crippen LogP contribution is 2.42. The first kappa shape index (κ1) is 23.9. The molecule has 2 atom stereocenters. The molecule has 190 valence electrons. The summed E-state index contributed by atoms with van der Waals surface area (Å²) in [4.78, 5) is 16.0. The summed E-state index contributed by atoms with van der Waals surface area (Å²) < 4.78 is 28.8. The van der Waals surface area contributed by atoms with Crippen LogP contribution < -0.4 is 5.32 Å². The molecule has 6 rings (SSSR count). The number of allylic oxidation sites excluding steroid dienone is 3. The van der Waals surface area contributed by atoms with Crippen molar-refractivity contribution in [3.8, 4) is 11.1 Å². The van der Waals surface area contributed by atoms with Crippen LogP contribution in [-0.4, -0.2) is 38.2 Å². The largest absolute Gasteiger partial charge is 0.326 e. The second-order valence-electron chi connectivity index (χ2n) is 9.60. The van der Waals surface area contributed by atoms with Crippen LogP contribution in [0, 0.1) is 0 Å². The number of carbonyl (C=O) groups excluding carboxylic acids is 1. The van der Waals surface area contributed by atoms with E-state index in [1.54, 1.807) is 43.7 Å². The fourth-order valence-electron chi connectivity index (χ4n) is 5.19. The van der Waals surface area contributed by atoms with E-state index in [4.69, 9.17) is 0 Å². The van der Waals surface area contributed by atoms with Gasteiger partial charge in [0.05, 0.1) is 11.7 Å². The van der Waals surface area contributed by atoms with Crippen LogP contribution in [0.5, 0.6) is 0 Å². The molecule has 0 spiro atoms. The van der Waals surface area contributed by atoms with E-state index in [0.717, 1.165) is 27.6 Å². The van der Waals surface area contributed by atoms with Crippen molar-refractivity contribution in [2.75, 3.05) is 5.32 Å². The molecule has 8 nitrogen and oxygen atoms in total. The van der Waals surface area contributed by atoms with Gasteiger partial charge in [-0.15, -0.1) is 0 Å². The van der Waals surface area contributed by atoms with Crippen LogP contribution in [0.1, 0.15) is 25.3 Å². The fraction of sp³-hybridized carbons (Fsp3) is 0.138. The van der Waals surface area contributed by atoms with Gasteiger partial charge < -0.3 is 5.32 Å². The highest BCUT2D eigenvalue weighted by atomic mass is 32.2. The van der Waals surface area contributed by atoms with Crippen LogP contribution in [0.25, 0.3) is 33.1 Å². The Morgan fingerprint density at radius 3 is 2.82 bits per heavy atom. The summed E-state index contributed by atoms with van der Waals surface area (Å²) in [5.74, 6) is -0.594. The molecule has 0 bridgehead atoms. The molecule has 1 aliphatic rings. The molecule has 5 aromatic rings. The molecule has 9 heteroatoms. The molecule has 0 radical (unpaired) electrons. The van der Waals surface area contributed by atoms with Crippen LogP contribution >= 0.6 is 0 Å². The lowest BCUT2D eigenvalue weighted by molar-refractivity contribution is -0.114. The number of pyridine rings is 1. The maximum Gasteiger partial charge on any atom is 0.250 e. The highest BCUT2D eigenvalue weighted by Gasteiger charge is 2.46. The number of nitrogens with zero attached hydrogens (tertiary/aromatic N) is 3. The van der Waals surface area contributed by atoms with Crippen molar-refractivity contribution in [2.24, 2.45) is 0 Å². The molecular weight excluding hydrogens is 498 g/mol. The van der Waals surface area contributed by atoms with Gasteiger partial charge in [0.15, 0.2) is 5.65 Å². The summed E-state index contributed by atoms with van der Waals surface area (Å²) in [6.45, 7) is 3.20. The van der Waals surface area contributed by atoms with Gasteiger partial charge in [0.2, 0.25) is 15.9 Å². The fourth-order valence-corrected chi connectivity index (χ4v) is 7.00. The van der Waals surface area contributed by atoms with Crippen molar-refractivity contribution in [1.29, 1.82) is 0 Å². The SMILES string of the molecule is CC(=O)Nc1cccc(-c2ccnc3c2ccn3S(=O)(=O)C2(C)C=CC=CC2c2ccc3cn[nH]c3c2)c1. The van der Waals surface area contributed by atoms with Gasteiger partial charge in [0, 0.05) is 41.7 Å². The molecule has 0 fully saturated rings. The number of benzene rings is 2. The first-order valence-corrected chi connectivity index (χ1v) is 13.6. The summed E-state index contributed by atoms with van der Waals surface area (Å²) in [5.41, 5.74) is 4.39. The minimum Gasteiger partial charge on any atom is -0.326 e. The Labute approximate surface area is 219 Å². The van der Waals surface area contributed by atoms with Gasteiger partial charge in [-0.05, 0) is 53.9 Å². The number of aromatic nitrogens is 4. The third kappa shape index (κ3) is 3.74. The Morgan fingerprint density at radius 1 is 1.11 bits per heavy atom. The van der Waals surface area contributed by atoms with Gasteiger partial charge in [0.25, 0.3) is 0 Å². The van der Waals surface area contributed by atoms with E-state index in [2.05, 4.69) is 20.5 Å². The Hall–Kier alpha value is -4.50. The number of hydrogen-bond donors (Lipinski definition) is 2. The van der Waals surface area contributed by atoms with E-state index in [1.165, 1.54) is 10.9 Å². The molecule has 0 saturated heterocycles. The number of H-pyrrole nitrogens is 1. The number of carbonyl (C=O) groups is 1. The van der Waals surface area contributed by atoms with Crippen molar-refractivity contribution in [3.05, 3.63) is 103 Å². The smallest absolute Gasteiger partial charge is 0.250 e. The van der Waals surface area contributed by atoms with Crippen molar-refractivity contribution in [1.82, 2.24) is 19.2 Å². The van der Waals surface area contributed by atoms with Crippen LogP contribution in [0.2, 0.25) is 0 Å². The molecule has 3 heterocycles. The van der Waals surface area contributed by atoms with Gasteiger partial charge in [-0.1, -0.05) is 48.6 Å². The summed E-state index contributed by atoms with van der Waals surface area (Å²) in [7, 11) is -3.97. The molecule has 3 aromatic heterocycles. The first-order valence-electron chi connectivity index (χ1n) is 12.2. The van der Waals surface area contributed by atoms with Gasteiger partial charge in [0.1, 0.15) is 4.75 Å². The second-order valence-corrected chi connectivity index (χ2v) is 11.8. The molecule has 2 aromatic carbocycles. The van der Waals surface area contributed by atoms with Gasteiger partial charge in [-0.3, -0.25) is 9.89 Å². The molecule has 1 amide bonds. The number of amides is 1. The monoisotopic (exact) mass is 523 g/mol. The van der Waals surface area contributed by atoms with E-state index in [9.17, 15) is 13.2 Å². The quantitative estimate of drug-likeness (QED) is 0.321. The lowest BCUT2D eigenvalue weighted by Crippen LogP contribution is -2.43. The minimum absolute atomic E-state index is 0.164. The lowest BCUT2D eigenvalue weighted by Gasteiger charge is -2.35. The minimum atomic E-state index is -3.97. The summed E-state index contributed by atoms with van der Waals surface area (Å²) in [6.07, 6.45) is 12.3. The van der Waals surface area contributed by atoms with Crippen LogP contribution in [-0.2, 0) is 14.8 Å². The zero-order valence-electron chi connectivity index (χ0n) is 20.8. The third-order valence-electron chi connectivity index (χ3n) is 7.15. The molecule has 0 saturated carbocycles. The number of anilines is 1. The molecule has 2 unspecified atom stereocenters. The Balaban J connectivity index is 1.46. The Bertz CT molecular complexity index is 1880. The van der Waals surface area contributed by atoms with Crippen molar-refractivity contribution in [2.45, 2.75) is 24.5 Å². The molecular formula is C29H25N5O3S. The first-order chi connectivity index (χ1) is 18.3. The average molecular weight is 524 g/mol. The number of hydrogen-bond acceptors (Lipinski definition) is 5. The number of rotatable bonds is 5. The number of aromatic amines is 1. The Kier molecular flexibility index (Phi) is 5.53. The van der Waals surface area contributed by atoms with Gasteiger partial charge in [-0.25, -0.2) is 17.4 Å². The summed E-state index contributed by atoms with van der Waals surface area (Å²) >= 11 is 0. The molecule has 38 heavy (non-hydrogen) atoms. The average Bonchev–Trinajstić information content (AvgIpc) is 3.55. The molecule has 2 N–H and O–H groups in total. The lowest BCUT2D eigenvalue weighted by atomic mass is 9.83. The van der Waals surface area contributed by atoms with Crippen molar-refractivity contribution >= 4 is 43.6 Å². The maximum atomic E-state index is 14.4. The Morgan fingerprint density at radius 2 is 1.97 bits per heavy atom. The molecule has 0 aliphatic heterocycles. The van der Waals surface area contributed by atoms with E-state index in [0.29, 0.717) is 16.7 Å². The zero-order valence-corrected chi connectivity index (χ0v) is 21.6. The normalized spacial score (nSPS) is 19.3. The molecule has 1 aliphatic carbocycles. The van der Waals surface area contributed by atoms with E-state index < -0.39 is 20.7 Å².